The number of nitrogens with zero attached hydrogens (tertiary/aromatic N) is 2. The van der Waals surface area contributed by atoms with Crippen LogP contribution in [0.4, 0.5) is 5.69 Å². The van der Waals surface area contributed by atoms with Crippen LogP contribution in [0.3, 0.4) is 0 Å². The van der Waals surface area contributed by atoms with Crippen LogP contribution < -0.4 is 19.1 Å². The molecule has 0 bridgehead atoms. The Hall–Kier alpha value is -3.41. The average Bonchev–Trinajstić information content (AvgIpc) is 3.23. The number of carbonyl (C=O) groups is 3. The highest BCUT2D eigenvalue weighted by atomic mass is 32.2. The van der Waals surface area contributed by atoms with Crippen molar-refractivity contribution < 1.29 is 33.3 Å². The number of ether oxygens (including phenoxy) is 4. The Bertz CT molecular complexity index is 1260. The zero-order valence-corrected chi connectivity index (χ0v) is 22.9. The number of thioether (sulfide) groups is 1. The van der Waals surface area contributed by atoms with E-state index in [0.29, 0.717) is 64.7 Å². The first kappa shape index (κ1) is 27.6. The lowest BCUT2D eigenvalue weighted by atomic mass is 10.1. The molecule has 0 spiro atoms. The highest BCUT2D eigenvalue weighted by molar-refractivity contribution is 8.23. The number of hydrogen-bond donors (Lipinski definition) is 0. The number of morpholine rings is 1. The predicted molar refractivity (Wildman–Crippen MR) is 149 cm³/mol. The van der Waals surface area contributed by atoms with Gasteiger partial charge in [0.05, 0.1) is 40.2 Å². The summed E-state index contributed by atoms with van der Waals surface area (Å²) in [4.78, 5) is 41.7. The molecule has 0 radical (unpaired) electrons. The highest BCUT2D eigenvalue weighted by Crippen LogP contribution is 2.40. The molecule has 200 valence electrons. The van der Waals surface area contributed by atoms with E-state index in [4.69, 9.17) is 31.2 Å². The number of thiocarbonyl (C=S) groups is 1. The van der Waals surface area contributed by atoms with E-state index in [1.165, 1.54) is 39.2 Å². The van der Waals surface area contributed by atoms with E-state index in [1.54, 1.807) is 42.5 Å². The minimum absolute atomic E-state index is 0.0740. The SMILES string of the molecule is COc1ccc(C=CC(=O)c2ccc(N3C(=O)CC(SC(=S)N4CCOCC4)C3=O)cc2)c(OC)c1OC. The molecule has 2 heterocycles. The van der Waals surface area contributed by atoms with Crippen molar-refractivity contribution in [1.29, 1.82) is 0 Å². The maximum absolute atomic E-state index is 13.0. The smallest absolute Gasteiger partial charge is 0.247 e. The van der Waals surface area contributed by atoms with Crippen LogP contribution in [0.2, 0.25) is 0 Å². The number of allylic oxidation sites excluding steroid dienone is 1. The zero-order valence-electron chi connectivity index (χ0n) is 21.3. The number of imide groups is 1. The number of anilines is 1. The standard InChI is InChI=1S/C27H28N2O7S2/c1-33-21-11-7-18(24(34-2)25(21)35-3)6-10-20(30)17-4-8-19(9-5-17)29-23(31)16-22(26(29)32)38-27(37)28-12-14-36-15-13-28/h4-11,22H,12-16H2,1-3H3. The summed E-state index contributed by atoms with van der Waals surface area (Å²) < 4.78 is 22.1. The molecule has 0 N–H and O–H groups in total. The third-order valence-electron chi connectivity index (χ3n) is 6.18. The van der Waals surface area contributed by atoms with Crippen molar-refractivity contribution in [2.75, 3.05) is 52.5 Å². The number of hydrogen-bond acceptors (Lipinski definition) is 9. The maximum atomic E-state index is 13.0. The normalized spacial score (nSPS) is 17.7. The first-order chi connectivity index (χ1) is 18.4. The molecular formula is C27H28N2O7S2. The van der Waals surface area contributed by atoms with Crippen LogP contribution in [0.5, 0.6) is 17.2 Å². The van der Waals surface area contributed by atoms with Gasteiger partial charge in [0.25, 0.3) is 0 Å². The molecule has 1 unspecified atom stereocenters. The van der Waals surface area contributed by atoms with Gasteiger partial charge in [-0.2, -0.15) is 0 Å². The lowest BCUT2D eigenvalue weighted by Gasteiger charge is -2.29. The third-order valence-corrected chi connectivity index (χ3v) is 7.84. The Morgan fingerprint density at radius 1 is 1.00 bits per heavy atom. The summed E-state index contributed by atoms with van der Waals surface area (Å²) in [6.45, 7) is 2.53. The van der Waals surface area contributed by atoms with Gasteiger partial charge >= 0.3 is 0 Å². The van der Waals surface area contributed by atoms with Crippen LogP contribution in [0.15, 0.2) is 42.5 Å². The predicted octanol–water partition coefficient (Wildman–Crippen LogP) is 3.59. The summed E-state index contributed by atoms with van der Waals surface area (Å²) in [7, 11) is 4.55. The Morgan fingerprint density at radius 3 is 2.32 bits per heavy atom. The number of benzene rings is 2. The Kier molecular flexibility index (Phi) is 9.03. The van der Waals surface area contributed by atoms with Gasteiger partial charge in [-0.05, 0) is 48.6 Å². The molecule has 2 fully saturated rings. The van der Waals surface area contributed by atoms with E-state index in [-0.39, 0.29) is 24.0 Å². The topological polar surface area (TPSA) is 94.6 Å². The summed E-state index contributed by atoms with van der Waals surface area (Å²) >= 11 is 6.74. The van der Waals surface area contributed by atoms with Crippen LogP contribution in [-0.4, -0.2) is 79.7 Å². The van der Waals surface area contributed by atoms with Gasteiger partial charge in [-0.25, -0.2) is 4.90 Å². The third kappa shape index (κ3) is 5.85. The average molecular weight is 557 g/mol. The molecule has 2 aromatic carbocycles. The number of ketones is 1. The Balaban J connectivity index is 1.44. The minimum Gasteiger partial charge on any atom is -0.493 e. The monoisotopic (exact) mass is 556 g/mol. The molecule has 38 heavy (non-hydrogen) atoms. The molecule has 0 aliphatic carbocycles. The summed E-state index contributed by atoms with van der Waals surface area (Å²) in [5, 5.41) is -0.571. The fourth-order valence-corrected chi connectivity index (χ4v) is 5.74. The van der Waals surface area contributed by atoms with Gasteiger partial charge in [0.1, 0.15) is 9.57 Å². The van der Waals surface area contributed by atoms with Crippen LogP contribution in [0.1, 0.15) is 22.3 Å². The van der Waals surface area contributed by atoms with Crippen LogP contribution >= 0.6 is 24.0 Å². The van der Waals surface area contributed by atoms with Gasteiger partial charge in [-0.3, -0.25) is 14.4 Å². The van der Waals surface area contributed by atoms with Gasteiger partial charge < -0.3 is 23.8 Å². The van der Waals surface area contributed by atoms with E-state index in [1.807, 2.05) is 4.90 Å². The second-order valence-corrected chi connectivity index (χ2v) is 10.2. The molecule has 0 aromatic heterocycles. The molecule has 2 amide bonds. The highest BCUT2D eigenvalue weighted by Gasteiger charge is 2.41. The van der Waals surface area contributed by atoms with Crippen LogP contribution in [0.25, 0.3) is 6.08 Å². The molecule has 2 aliphatic rings. The lowest BCUT2D eigenvalue weighted by Crippen LogP contribution is -2.39. The first-order valence-corrected chi connectivity index (χ1v) is 13.2. The van der Waals surface area contributed by atoms with Crippen molar-refractivity contribution in [3.8, 4) is 17.2 Å². The van der Waals surface area contributed by atoms with Crippen molar-refractivity contribution in [3.05, 3.63) is 53.6 Å². The van der Waals surface area contributed by atoms with Crippen molar-refractivity contribution in [2.45, 2.75) is 11.7 Å². The van der Waals surface area contributed by atoms with E-state index in [2.05, 4.69) is 0 Å². The minimum atomic E-state index is -0.571. The van der Waals surface area contributed by atoms with Gasteiger partial charge in [0.15, 0.2) is 17.3 Å². The zero-order chi connectivity index (χ0) is 27.2. The van der Waals surface area contributed by atoms with Crippen molar-refractivity contribution in [1.82, 2.24) is 4.90 Å². The summed E-state index contributed by atoms with van der Waals surface area (Å²) in [5.74, 6) is 0.524. The van der Waals surface area contributed by atoms with Gasteiger partial charge in [0, 0.05) is 30.6 Å². The molecule has 4 rings (SSSR count). The largest absolute Gasteiger partial charge is 0.493 e. The maximum Gasteiger partial charge on any atom is 0.247 e. The number of methoxy groups -OCH3 is 3. The molecule has 0 saturated carbocycles. The molecule has 2 aliphatic heterocycles. The lowest BCUT2D eigenvalue weighted by molar-refractivity contribution is -0.121. The second-order valence-electron chi connectivity index (χ2n) is 8.41. The van der Waals surface area contributed by atoms with Gasteiger partial charge in [-0.1, -0.05) is 24.0 Å². The van der Waals surface area contributed by atoms with Crippen molar-refractivity contribution in [3.63, 3.8) is 0 Å². The molecule has 2 aromatic rings. The Labute approximate surface area is 230 Å². The van der Waals surface area contributed by atoms with E-state index < -0.39 is 5.25 Å². The van der Waals surface area contributed by atoms with Gasteiger partial charge in [0.2, 0.25) is 17.6 Å². The van der Waals surface area contributed by atoms with E-state index >= 15 is 0 Å². The molecular weight excluding hydrogens is 528 g/mol. The first-order valence-electron chi connectivity index (χ1n) is 11.9. The summed E-state index contributed by atoms with van der Waals surface area (Å²) in [6.07, 6.45) is 3.12. The van der Waals surface area contributed by atoms with Crippen LogP contribution in [0, 0.1) is 0 Å². The van der Waals surface area contributed by atoms with E-state index in [0.717, 1.165) is 4.90 Å². The molecule has 9 nitrogen and oxygen atoms in total. The Morgan fingerprint density at radius 2 is 1.68 bits per heavy atom. The van der Waals surface area contributed by atoms with Gasteiger partial charge in [-0.15, -0.1) is 0 Å². The van der Waals surface area contributed by atoms with Crippen molar-refractivity contribution >= 4 is 57.7 Å². The van der Waals surface area contributed by atoms with Crippen LogP contribution in [-0.2, 0) is 14.3 Å². The van der Waals surface area contributed by atoms with E-state index in [9.17, 15) is 14.4 Å². The fourth-order valence-electron chi connectivity index (χ4n) is 4.20. The number of rotatable bonds is 8. The fraction of sp³-hybridized carbons (Fsp3) is 0.333. The second kappa shape index (κ2) is 12.4. The quantitative estimate of drug-likeness (QED) is 0.208. The number of amides is 2. The number of carbonyl (C=O) groups excluding carboxylic acids is 3. The van der Waals surface area contributed by atoms with Crippen molar-refractivity contribution in [2.24, 2.45) is 0 Å². The molecule has 2 saturated heterocycles. The molecule has 11 heteroatoms. The molecule has 1 atom stereocenters. The summed E-state index contributed by atoms with van der Waals surface area (Å²) in [5.41, 5.74) is 1.47. The summed E-state index contributed by atoms with van der Waals surface area (Å²) in [6, 6.07) is 9.86.